The summed E-state index contributed by atoms with van der Waals surface area (Å²) in [6.07, 6.45) is 4.27. The molecule has 0 fully saturated rings. The second-order valence-corrected chi connectivity index (χ2v) is 4.11. The summed E-state index contributed by atoms with van der Waals surface area (Å²) in [5.74, 6) is 0.956. The number of ether oxygens (including phenoxy) is 1. The minimum atomic E-state index is 0.177. The summed E-state index contributed by atoms with van der Waals surface area (Å²) in [5.41, 5.74) is 1.92. The maximum absolute atomic E-state index is 11.9. The summed E-state index contributed by atoms with van der Waals surface area (Å²) in [6.45, 7) is 0. The van der Waals surface area contributed by atoms with Crippen LogP contribution in [0.5, 0.6) is 5.75 Å². The highest BCUT2D eigenvalue weighted by molar-refractivity contribution is 5.83. The van der Waals surface area contributed by atoms with Crippen LogP contribution in [0.2, 0.25) is 0 Å². The summed E-state index contributed by atoms with van der Waals surface area (Å²) in [6, 6.07) is 11.3. The monoisotopic (exact) mass is 241 g/mol. The number of carbonyl (C=O) groups excluding carboxylic acids is 1. The molecule has 3 nitrogen and oxygen atoms in total. The molecule has 1 heterocycles. The van der Waals surface area contributed by atoms with Crippen molar-refractivity contribution < 1.29 is 9.53 Å². The molecule has 2 rings (SSSR count). The van der Waals surface area contributed by atoms with Gasteiger partial charge < -0.3 is 4.74 Å². The van der Waals surface area contributed by atoms with Gasteiger partial charge in [-0.2, -0.15) is 0 Å². The molecule has 0 amide bonds. The first-order valence-electron chi connectivity index (χ1n) is 5.81. The van der Waals surface area contributed by atoms with E-state index in [1.807, 2.05) is 36.4 Å². The summed E-state index contributed by atoms with van der Waals surface area (Å²) in [5, 5.41) is 0. The molecule has 0 bridgehead atoms. The molecule has 3 heteroatoms. The van der Waals surface area contributed by atoms with Gasteiger partial charge in [0.1, 0.15) is 11.5 Å². The van der Waals surface area contributed by atoms with Crippen LogP contribution < -0.4 is 4.74 Å². The molecular formula is C15H15NO2. The minimum Gasteiger partial charge on any atom is -0.497 e. The van der Waals surface area contributed by atoms with Crippen molar-refractivity contribution >= 4 is 5.78 Å². The number of aromatic nitrogens is 1. The van der Waals surface area contributed by atoms with Gasteiger partial charge in [0.2, 0.25) is 0 Å². The van der Waals surface area contributed by atoms with E-state index in [0.717, 1.165) is 16.9 Å². The van der Waals surface area contributed by atoms with Crippen LogP contribution in [-0.4, -0.2) is 17.9 Å². The Labute approximate surface area is 106 Å². The minimum absolute atomic E-state index is 0.177. The molecule has 0 aliphatic heterocycles. The van der Waals surface area contributed by atoms with Crippen LogP contribution in [0.25, 0.3) is 0 Å². The number of nitrogens with zero attached hydrogens (tertiary/aromatic N) is 1. The molecule has 0 spiro atoms. The first kappa shape index (κ1) is 12.3. The van der Waals surface area contributed by atoms with Gasteiger partial charge in [0.15, 0.2) is 0 Å². The molecule has 2 aromatic rings. The smallest absolute Gasteiger partial charge is 0.141 e. The van der Waals surface area contributed by atoms with Crippen molar-refractivity contribution in [2.45, 2.75) is 12.8 Å². The molecule has 1 aromatic heterocycles. The second kappa shape index (κ2) is 5.96. The largest absolute Gasteiger partial charge is 0.497 e. The zero-order chi connectivity index (χ0) is 12.8. The highest BCUT2D eigenvalue weighted by Gasteiger charge is 2.06. The Hall–Kier alpha value is -2.16. The number of hydrogen-bond donors (Lipinski definition) is 0. The van der Waals surface area contributed by atoms with Crippen LogP contribution >= 0.6 is 0 Å². The molecule has 0 saturated carbocycles. The fourth-order valence-corrected chi connectivity index (χ4v) is 1.80. The van der Waals surface area contributed by atoms with Crippen molar-refractivity contribution in [2.75, 3.05) is 7.11 Å². The zero-order valence-corrected chi connectivity index (χ0v) is 10.3. The SMILES string of the molecule is COc1cccc(CC(=O)Cc2cccnc2)c1. The molecule has 0 atom stereocenters. The van der Waals surface area contributed by atoms with Crippen LogP contribution in [0.4, 0.5) is 0 Å². The third-order valence-electron chi connectivity index (χ3n) is 2.66. The maximum atomic E-state index is 11.9. The van der Waals surface area contributed by atoms with Crippen molar-refractivity contribution in [3.63, 3.8) is 0 Å². The van der Waals surface area contributed by atoms with E-state index in [0.29, 0.717) is 12.8 Å². The van der Waals surface area contributed by atoms with Crippen LogP contribution in [0.3, 0.4) is 0 Å². The summed E-state index contributed by atoms with van der Waals surface area (Å²) in [4.78, 5) is 15.9. The molecule has 0 unspecified atom stereocenters. The number of benzene rings is 1. The molecule has 18 heavy (non-hydrogen) atoms. The normalized spacial score (nSPS) is 10.1. The quantitative estimate of drug-likeness (QED) is 0.807. The van der Waals surface area contributed by atoms with Crippen LogP contribution in [0.1, 0.15) is 11.1 Å². The van der Waals surface area contributed by atoms with Crippen molar-refractivity contribution in [3.8, 4) is 5.75 Å². The summed E-state index contributed by atoms with van der Waals surface area (Å²) in [7, 11) is 1.62. The van der Waals surface area contributed by atoms with Gasteiger partial charge in [-0.1, -0.05) is 18.2 Å². The number of rotatable bonds is 5. The lowest BCUT2D eigenvalue weighted by atomic mass is 10.0. The van der Waals surface area contributed by atoms with Crippen molar-refractivity contribution in [1.29, 1.82) is 0 Å². The van der Waals surface area contributed by atoms with Gasteiger partial charge in [-0.15, -0.1) is 0 Å². The van der Waals surface area contributed by atoms with E-state index in [2.05, 4.69) is 4.98 Å². The van der Waals surface area contributed by atoms with Crippen molar-refractivity contribution in [3.05, 3.63) is 59.9 Å². The molecule has 0 radical (unpaired) electrons. The van der Waals surface area contributed by atoms with E-state index in [1.165, 1.54) is 0 Å². The Morgan fingerprint density at radius 3 is 2.67 bits per heavy atom. The molecule has 0 saturated heterocycles. The Morgan fingerprint density at radius 1 is 1.17 bits per heavy atom. The molecule has 0 aliphatic carbocycles. The first-order chi connectivity index (χ1) is 8.78. The molecule has 1 aromatic carbocycles. The Morgan fingerprint density at radius 2 is 1.94 bits per heavy atom. The highest BCUT2D eigenvalue weighted by Crippen LogP contribution is 2.13. The van der Waals surface area contributed by atoms with Crippen LogP contribution in [0.15, 0.2) is 48.8 Å². The van der Waals surface area contributed by atoms with Gasteiger partial charge in [0.05, 0.1) is 7.11 Å². The van der Waals surface area contributed by atoms with Gasteiger partial charge in [-0.05, 0) is 29.3 Å². The van der Waals surface area contributed by atoms with E-state index in [4.69, 9.17) is 4.74 Å². The zero-order valence-electron chi connectivity index (χ0n) is 10.3. The second-order valence-electron chi connectivity index (χ2n) is 4.11. The average molecular weight is 241 g/mol. The first-order valence-corrected chi connectivity index (χ1v) is 5.81. The summed E-state index contributed by atoms with van der Waals surface area (Å²) < 4.78 is 5.13. The van der Waals surface area contributed by atoms with Crippen LogP contribution in [-0.2, 0) is 17.6 Å². The Kier molecular flexibility index (Phi) is 4.07. The fourth-order valence-electron chi connectivity index (χ4n) is 1.80. The molecule has 0 N–H and O–H groups in total. The number of methoxy groups -OCH3 is 1. The fraction of sp³-hybridized carbons (Fsp3) is 0.200. The van der Waals surface area contributed by atoms with Crippen LogP contribution in [0, 0.1) is 0 Å². The standard InChI is InChI=1S/C15H15NO2/c1-18-15-6-2-4-12(10-15)8-14(17)9-13-5-3-7-16-11-13/h2-7,10-11H,8-9H2,1H3. The van der Waals surface area contributed by atoms with E-state index in [1.54, 1.807) is 19.5 Å². The lowest BCUT2D eigenvalue weighted by Crippen LogP contribution is -2.06. The third kappa shape index (κ3) is 3.42. The van der Waals surface area contributed by atoms with E-state index in [-0.39, 0.29) is 5.78 Å². The number of carbonyl (C=O) groups is 1. The Bertz CT molecular complexity index is 523. The molecular weight excluding hydrogens is 226 g/mol. The number of ketones is 1. The van der Waals surface area contributed by atoms with Gasteiger partial charge in [-0.3, -0.25) is 9.78 Å². The molecule has 0 aliphatic rings. The lowest BCUT2D eigenvalue weighted by Gasteiger charge is -2.04. The summed E-state index contributed by atoms with van der Waals surface area (Å²) >= 11 is 0. The molecule has 92 valence electrons. The topological polar surface area (TPSA) is 39.2 Å². The number of Topliss-reactive ketones (excluding diaryl/α,β-unsaturated/α-hetero) is 1. The van der Waals surface area contributed by atoms with E-state index in [9.17, 15) is 4.79 Å². The predicted octanol–water partition coefficient (Wildman–Crippen LogP) is 2.44. The maximum Gasteiger partial charge on any atom is 0.141 e. The number of hydrogen-bond acceptors (Lipinski definition) is 3. The van der Waals surface area contributed by atoms with Crippen molar-refractivity contribution in [2.24, 2.45) is 0 Å². The van der Waals surface area contributed by atoms with Gasteiger partial charge in [0, 0.05) is 25.2 Å². The predicted molar refractivity (Wildman–Crippen MR) is 69.6 cm³/mol. The van der Waals surface area contributed by atoms with Gasteiger partial charge >= 0.3 is 0 Å². The highest BCUT2D eigenvalue weighted by atomic mass is 16.5. The third-order valence-corrected chi connectivity index (χ3v) is 2.66. The average Bonchev–Trinajstić information content (AvgIpc) is 2.40. The van der Waals surface area contributed by atoms with Crippen molar-refractivity contribution in [1.82, 2.24) is 4.98 Å². The lowest BCUT2D eigenvalue weighted by molar-refractivity contribution is -0.117. The van der Waals surface area contributed by atoms with E-state index >= 15 is 0 Å². The Balaban J connectivity index is 1.99. The van der Waals surface area contributed by atoms with Gasteiger partial charge in [0.25, 0.3) is 0 Å². The van der Waals surface area contributed by atoms with Gasteiger partial charge in [-0.25, -0.2) is 0 Å². The van der Waals surface area contributed by atoms with E-state index < -0.39 is 0 Å². The number of pyridine rings is 1.